The molecule has 0 radical (unpaired) electrons. The van der Waals surface area contributed by atoms with E-state index in [1.807, 2.05) is 6.92 Å². The van der Waals surface area contributed by atoms with Crippen molar-refractivity contribution in [2.75, 3.05) is 20.2 Å². The highest BCUT2D eigenvalue weighted by molar-refractivity contribution is 7.86. The van der Waals surface area contributed by atoms with Crippen LogP contribution < -0.4 is 0 Å². The SMILES string of the molecule is Cc1ccc(S(=O)(=O)OC[C@@H]2C=C3c4cccc5c4c(cn5C)C[C@H]3N(C)C2)cc1. The van der Waals surface area contributed by atoms with Crippen LogP contribution in [0.5, 0.6) is 0 Å². The van der Waals surface area contributed by atoms with Crippen LogP contribution in [0.15, 0.2) is 59.6 Å². The summed E-state index contributed by atoms with van der Waals surface area (Å²) in [7, 11) is 0.451. The number of aromatic nitrogens is 1. The van der Waals surface area contributed by atoms with Gasteiger partial charge in [-0.1, -0.05) is 35.9 Å². The minimum atomic E-state index is -3.76. The van der Waals surface area contributed by atoms with Crippen molar-refractivity contribution in [1.82, 2.24) is 9.47 Å². The number of hydrogen-bond acceptors (Lipinski definition) is 4. The van der Waals surface area contributed by atoms with Gasteiger partial charge in [-0.25, -0.2) is 0 Å². The zero-order valence-corrected chi connectivity index (χ0v) is 18.3. The number of likely N-dealkylation sites (N-methyl/N-ethyl adjacent to an activating group) is 1. The Morgan fingerprint density at radius 3 is 2.63 bits per heavy atom. The fourth-order valence-corrected chi connectivity index (χ4v) is 5.84. The summed E-state index contributed by atoms with van der Waals surface area (Å²) < 4.78 is 32.9. The summed E-state index contributed by atoms with van der Waals surface area (Å²) in [5.41, 5.74) is 6.19. The Labute approximate surface area is 177 Å². The van der Waals surface area contributed by atoms with Crippen molar-refractivity contribution in [3.05, 3.63) is 71.4 Å². The molecule has 2 aromatic carbocycles. The Morgan fingerprint density at radius 2 is 1.87 bits per heavy atom. The molecule has 0 amide bonds. The summed E-state index contributed by atoms with van der Waals surface area (Å²) in [6.07, 6.45) is 5.45. The molecule has 0 fully saturated rings. The van der Waals surface area contributed by atoms with Gasteiger partial charge in [0, 0.05) is 42.7 Å². The highest BCUT2D eigenvalue weighted by Gasteiger charge is 2.34. The molecule has 0 saturated heterocycles. The van der Waals surface area contributed by atoms with Crippen molar-refractivity contribution < 1.29 is 12.6 Å². The first-order valence-corrected chi connectivity index (χ1v) is 11.7. The van der Waals surface area contributed by atoms with E-state index < -0.39 is 10.1 Å². The lowest BCUT2D eigenvalue weighted by atomic mass is 9.80. The molecule has 6 heteroatoms. The molecule has 30 heavy (non-hydrogen) atoms. The van der Waals surface area contributed by atoms with Crippen LogP contribution in [0.4, 0.5) is 0 Å². The number of benzene rings is 2. The zero-order chi connectivity index (χ0) is 21.0. The summed E-state index contributed by atoms with van der Waals surface area (Å²) in [5, 5.41) is 1.32. The zero-order valence-electron chi connectivity index (χ0n) is 17.5. The van der Waals surface area contributed by atoms with Crippen LogP contribution in [0.1, 0.15) is 16.7 Å². The highest BCUT2D eigenvalue weighted by Crippen LogP contribution is 2.41. The first kappa shape index (κ1) is 19.5. The summed E-state index contributed by atoms with van der Waals surface area (Å²) in [6.45, 7) is 2.85. The third-order valence-corrected chi connectivity index (χ3v) is 7.69. The molecule has 0 saturated carbocycles. The second-order valence-electron chi connectivity index (χ2n) is 8.56. The standard InChI is InChI=1S/C24H26N2O3S/c1-16-7-9-19(10-8-16)30(27,28)29-15-17-11-21-20-5-4-6-22-24(20)18(14-26(22)3)12-23(21)25(2)13-17/h4-11,14,17,23H,12-13,15H2,1-3H3/t17-,23-/m1/s1. The Balaban J connectivity index is 1.44. The molecule has 3 aromatic rings. The molecule has 2 atom stereocenters. The molecule has 0 spiro atoms. The Bertz CT molecular complexity index is 1260. The molecular formula is C24H26N2O3S. The lowest BCUT2D eigenvalue weighted by molar-refractivity contribution is 0.196. The lowest BCUT2D eigenvalue weighted by Crippen LogP contribution is -2.43. The number of nitrogens with zero attached hydrogens (tertiary/aromatic N) is 2. The third kappa shape index (κ3) is 3.20. The fourth-order valence-electron chi connectivity index (χ4n) is 4.88. The molecule has 1 aliphatic carbocycles. The maximum atomic E-state index is 12.6. The predicted octanol–water partition coefficient (Wildman–Crippen LogP) is 3.76. The monoisotopic (exact) mass is 422 g/mol. The van der Waals surface area contributed by atoms with E-state index in [-0.39, 0.29) is 17.4 Å². The number of fused-ring (bicyclic) bond motifs is 2. The molecule has 1 aromatic heterocycles. The minimum Gasteiger partial charge on any atom is -0.350 e. The van der Waals surface area contributed by atoms with Gasteiger partial charge in [-0.3, -0.25) is 9.08 Å². The lowest BCUT2D eigenvalue weighted by Gasteiger charge is -2.39. The molecule has 0 bridgehead atoms. The number of rotatable bonds is 4. The van der Waals surface area contributed by atoms with Crippen LogP contribution in [0.25, 0.3) is 16.5 Å². The van der Waals surface area contributed by atoms with Crippen LogP contribution in [0.3, 0.4) is 0 Å². The Kier molecular flexibility index (Phi) is 4.61. The molecule has 0 unspecified atom stereocenters. The maximum absolute atomic E-state index is 12.6. The second kappa shape index (κ2) is 7.08. The van der Waals surface area contributed by atoms with E-state index in [1.54, 1.807) is 24.3 Å². The van der Waals surface area contributed by atoms with Gasteiger partial charge in [0.2, 0.25) is 0 Å². The van der Waals surface area contributed by atoms with Gasteiger partial charge >= 0.3 is 0 Å². The minimum absolute atomic E-state index is 0.0157. The molecule has 5 rings (SSSR count). The quantitative estimate of drug-likeness (QED) is 0.601. The van der Waals surface area contributed by atoms with Gasteiger partial charge in [0.05, 0.1) is 11.5 Å². The molecule has 1 aliphatic heterocycles. The summed E-state index contributed by atoms with van der Waals surface area (Å²) in [4.78, 5) is 2.54. The maximum Gasteiger partial charge on any atom is 0.296 e. The fraction of sp³-hybridized carbons (Fsp3) is 0.333. The second-order valence-corrected chi connectivity index (χ2v) is 10.2. The van der Waals surface area contributed by atoms with E-state index >= 15 is 0 Å². The van der Waals surface area contributed by atoms with Crippen LogP contribution in [-0.2, 0) is 27.8 Å². The average Bonchev–Trinajstić information content (AvgIpc) is 3.05. The van der Waals surface area contributed by atoms with E-state index in [2.05, 4.69) is 54.0 Å². The summed E-state index contributed by atoms with van der Waals surface area (Å²) in [6, 6.07) is 13.5. The molecule has 2 heterocycles. The Morgan fingerprint density at radius 1 is 1.10 bits per heavy atom. The largest absolute Gasteiger partial charge is 0.350 e. The van der Waals surface area contributed by atoms with Crippen molar-refractivity contribution in [2.45, 2.75) is 24.3 Å². The van der Waals surface area contributed by atoms with Gasteiger partial charge in [-0.15, -0.1) is 0 Å². The number of hydrogen-bond donors (Lipinski definition) is 0. The van der Waals surface area contributed by atoms with Crippen LogP contribution in [-0.4, -0.2) is 44.1 Å². The van der Waals surface area contributed by atoms with Gasteiger partial charge < -0.3 is 4.57 Å². The van der Waals surface area contributed by atoms with Gasteiger partial charge in [-0.05, 0) is 55.3 Å². The highest BCUT2D eigenvalue weighted by atomic mass is 32.2. The van der Waals surface area contributed by atoms with E-state index in [0.717, 1.165) is 18.5 Å². The van der Waals surface area contributed by atoms with E-state index in [9.17, 15) is 8.42 Å². The van der Waals surface area contributed by atoms with Crippen molar-refractivity contribution >= 4 is 26.6 Å². The topological polar surface area (TPSA) is 51.5 Å². The van der Waals surface area contributed by atoms with E-state index in [0.29, 0.717) is 6.04 Å². The van der Waals surface area contributed by atoms with Gasteiger partial charge in [-0.2, -0.15) is 8.42 Å². The van der Waals surface area contributed by atoms with Crippen molar-refractivity contribution in [3.8, 4) is 0 Å². The molecule has 0 N–H and O–H groups in total. The molecule has 2 aliphatic rings. The van der Waals surface area contributed by atoms with Crippen molar-refractivity contribution in [3.63, 3.8) is 0 Å². The molecule has 156 valence electrons. The van der Waals surface area contributed by atoms with Gasteiger partial charge in [0.25, 0.3) is 10.1 Å². The first-order valence-electron chi connectivity index (χ1n) is 10.3. The summed E-state index contributed by atoms with van der Waals surface area (Å²) >= 11 is 0. The molecule has 5 nitrogen and oxygen atoms in total. The Hall–Kier alpha value is -2.41. The van der Waals surface area contributed by atoms with Crippen molar-refractivity contribution in [1.29, 1.82) is 0 Å². The smallest absolute Gasteiger partial charge is 0.296 e. The first-order chi connectivity index (χ1) is 14.3. The van der Waals surface area contributed by atoms with E-state index in [1.165, 1.54) is 27.6 Å². The van der Waals surface area contributed by atoms with Crippen LogP contribution in [0, 0.1) is 12.8 Å². The average molecular weight is 423 g/mol. The van der Waals surface area contributed by atoms with Crippen molar-refractivity contribution in [2.24, 2.45) is 13.0 Å². The van der Waals surface area contributed by atoms with Crippen LogP contribution >= 0.6 is 0 Å². The molecular weight excluding hydrogens is 396 g/mol. The van der Waals surface area contributed by atoms with Crippen LogP contribution in [0.2, 0.25) is 0 Å². The third-order valence-electron chi connectivity index (χ3n) is 6.39. The van der Waals surface area contributed by atoms with Gasteiger partial charge in [0.1, 0.15) is 0 Å². The normalized spacial score (nSPS) is 21.5. The van der Waals surface area contributed by atoms with E-state index in [4.69, 9.17) is 4.18 Å². The van der Waals surface area contributed by atoms with Gasteiger partial charge in [0.15, 0.2) is 0 Å². The number of aryl methyl sites for hydroxylation is 2. The predicted molar refractivity (Wildman–Crippen MR) is 119 cm³/mol. The summed E-state index contributed by atoms with van der Waals surface area (Å²) in [5.74, 6) is 0.0157.